The van der Waals surface area contributed by atoms with E-state index in [9.17, 15) is 9.90 Å². The summed E-state index contributed by atoms with van der Waals surface area (Å²) in [5.74, 6) is 1.44. The van der Waals surface area contributed by atoms with Gasteiger partial charge in [-0.2, -0.15) is 0 Å². The maximum absolute atomic E-state index is 11.5. The van der Waals surface area contributed by atoms with Gasteiger partial charge in [-0.3, -0.25) is 9.69 Å². The third-order valence-electron chi connectivity index (χ3n) is 7.60. The molecule has 8 nitrogen and oxygen atoms in total. The van der Waals surface area contributed by atoms with E-state index in [2.05, 4.69) is 15.0 Å². The first-order chi connectivity index (χ1) is 17.8. The Bertz CT molecular complexity index is 1160. The maximum atomic E-state index is 11.5. The molecule has 1 N–H and O–H groups in total. The van der Waals surface area contributed by atoms with Gasteiger partial charge in [0.2, 0.25) is 0 Å². The number of benzene rings is 2. The molecule has 0 radical (unpaired) electrons. The van der Waals surface area contributed by atoms with E-state index in [1.165, 1.54) is 0 Å². The van der Waals surface area contributed by atoms with Crippen LogP contribution in [0.25, 0.3) is 0 Å². The van der Waals surface area contributed by atoms with Gasteiger partial charge in [-0.1, -0.05) is 47.1 Å². The number of carbonyl (C=O) groups is 1. The molecule has 9 heteroatoms. The van der Waals surface area contributed by atoms with Crippen LogP contribution in [-0.4, -0.2) is 65.1 Å². The molecule has 5 rings (SSSR count). The fourth-order valence-corrected chi connectivity index (χ4v) is 5.59. The molecular weight excluding hydrogens is 494 g/mol. The van der Waals surface area contributed by atoms with Crippen molar-refractivity contribution in [1.82, 2.24) is 9.80 Å². The molecule has 37 heavy (non-hydrogen) atoms. The monoisotopic (exact) mass is 527 g/mol. The van der Waals surface area contributed by atoms with Crippen molar-refractivity contribution >= 4 is 23.4 Å². The van der Waals surface area contributed by atoms with Crippen molar-refractivity contribution in [3.05, 3.63) is 58.6 Å². The van der Waals surface area contributed by atoms with E-state index in [-0.39, 0.29) is 5.60 Å². The quantitative estimate of drug-likeness (QED) is 0.528. The summed E-state index contributed by atoms with van der Waals surface area (Å²) in [6.45, 7) is 8.37. The van der Waals surface area contributed by atoms with Crippen molar-refractivity contribution in [2.75, 3.05) is 32.8 Å². The number of rotatable bonds is 8. The van der Waals surface area contributed by atoms with Gasteiger partial charge in [0.15, 0.2) is 17.1 Å². The molecule has 0 aromatic heterocycles. The maximum Gasteiger partial charge on any atom is 0.309 e. The zero-order chi connectivity index (χ0) is 26.0. The molecule has 1 spiro atoms. The average Bonchev–Trinajstić information content (AvgIpc) is 3.30. The van der Waals surface area contributed by atoms with E-state index in [4.69, 9.17) is 25.9 Å². The summed E-state index contributed by atoms with van der Waals surface area (Å²) in [5, 5.41) is 14.4. The Morgan fingerprint density at radius 3 is 2.54 bits per heavy atom. The molecule has 0 atom stereocenters. The van der Waals surface area contributed by atoms with Crippen molar-refractivity contribution in [1.29, 1.82) is 0 Å². The summed E-state index contributed by atoms with van der Waals surface area (Å²) in [6.07, 6.45) is 1.99. The third-order valence-corrected chi connectivity index (χ3v) is 7.88. The van der Waals surface area contributed by atoms with Crippen LogP contribution >= 0.6 is 11.6 Å². The lowest BCUT2D eigenvalue weighted by Crippen LogP contribution is -2.61. The lowest BCUT2D eigenvalue weighted by molar-refractivity contribution is -0.150. The molecule has 2 aromatic rings. The standard InChI is InChI=1S/C28H34ClN3O5/c1-3-35-23-14-21(13-22(29)25(23)36-17-20-7-5-4-6-8-20)16-31-18-28(19-31)15-24(30-37-28)32-11-9-27(2,10-12-32)26(33)34/h4-8,13-14H,3,9-12,15-19H2,1-2H3,(H,33,34). The van der Waals surface area contributed by atoms with Gasteiger partial charge in [-0.15, -0.1) is 0 Å². The zero-order valence-corrected chi connectivity index (χ0v) is 22.2. The summed E-state index contributed by atoms with van der Waals surface area (Å²) in [5.41, 5.74) is 1.17. The number of likely N-dealkylation sites (tertiary alicyclic amines) is 2. The predicted octanol–water partition coefficient (Wildman–Crippen LogP) is 4.79. The fraction of sp³-hybridized carbons (Fsp3) is 0.500. The highest BCUT2D eigenvalue weighted by molar-refractivity contribution is 6.32. The number of hydrogen-bond donors (Lipinski definition) is 1. The summed E-state index contributed by atoms with van der Waals surface area (Å²) in [6, 6.07) is 13.9. The largest absolute Gasteiger partial charge is 0.490 e. The summed E-state index contributed by atoms with van der Waals surface area (Å²) in [4.78, 5) is 21.9. The molecule has 0 bridgehead atoms. The lowest BCUT2D eigenvalue weighted by atomic mass is 9.80. The van der Waals surface area contributed by atoms with Crippen molar-refractivity contribution in [3.63, 3.8) is 0 Å². The first kappa shape index (κ1) is 25.7. The molecule has 0 aliphatic carbocycles. The van der Waals surface area contributed by atoms with E-state index >= 15 is 0 Å². The number of oxime groups is 1. The highest BCUT2D eigenvalue weighted by Crippen LogP contribution is 2.40. The van der Waals surface area contributed by atoms with Gasteiger partial charge in [0.25, 0.3) is 0 Å². The lowest BCUT2D eigenvalue weighted by Gasteiger charge is -2.45. The minimum atomic E-state index is -0.716. The van der Waals surface area contributed by atoms with Crippen LogP contribution in [0.15, 0.2) is 47.6 Å². The first-order valence-corrected chi connectivity index (χ1v) is 13.2. The summed E-state index contributed by atoms with van der Waals surface area (Å²) in [7, 11) is 0. The van der Waals surface area contributed by atoms with Crippen LogP contribution in [0, 0.1) is 5.41 Å². The Morgan fingerprint density at radius 1 is 1.14 bits per heavy atom. The Labute approximate surface area is 222 Å². The second kappa shape index (κ2) is 10.4. The normalized spacial score (nSPS) is 20.2. The summed E-state index contributed by atoms with van der Waals surface area (Å²) < 4.78 is 11.9. The van der Waals surface area contributed by atoms with Gasteiger partial charge in [0.1, 0.15) is 12.4 Å². The molecule has 0 saturated carbocycles. The second-order valence-electron chi connectivity index (χ2n) is 10.6. The average molecular weight is 528 g/mol. The van der Waals surface area contributed by atoms with Crippen molar-refractivity contribution < 1.29 is 24.2 Å². The van der Waals surface area contributed by atoms with Gasteiger partial charge < -0.3 is 24.3 Å². The Kier molecular flexibility index (Phi) is 7.23. The molecular formula is C28H34ClN3O5. The number of halogens is 1. The number of aliphatic carboxylic acids is 1. The number of ether oxygens (including phenoxy) is 2. The van der Waals surface area contributed by atoms with Crippen LogP contribution in [-0.2, 0) is 22.8 Å². The van der Waals surface area contributed by atoms with Crippen LogP contribution in [0.4, 0.5) is 0 Å². The van der Waals surface area contributed by atoms with Gasteiger partial charge >= 0.3 is 5.97 Å². The number of carboxylic acids is 1. The second-order valence-corrected chi connectivity index (χ2v) is 11.0. The molecule has 2 fully saturated rings. The SMILES string of the molecule is CCOc1cc(CN2CC3(CC(N4CCC(C)(C(=O)O)CC4)=NO3)C2)cc(Cl)c1OCc1ccccc1. The number of carboxylic acid groups (broad SMARTS) is 1. The van der Waals surface area contributed by atoms with E-state index in [0.717, 1.165) is 43.0 Å². The van der Waals surface area contributed by atoms with E-state index in [0.29, 0.717) is 55.7 Å². The fourth-order valence-electron chi connectivity index (χ4n) is 5.30. The molecule has 3 aliphatic rings. The third kappa shape index (κ3) is 5.50. The minimum absolute atomic E-state index is 0.297. The highest BCUT2D eigenvalue weighted by atomic mass is 35.5. The molecule has 3 aliphatic heterocycles. The van der Waals surface area contributed by atoms with E-state index < -0.39 is 11.4 Å². The zero-order valence-electron chi connectivity index (χ0n) is 21.4. The predicted molar refractivity (Wildman–Crippen MR) is 141 cm³/mol. The van der Waals surface area contributed by atoms with Gasteiger partial charge in [-0.25, -0.2) is 0 Å². The smallest absolute Gasteiger partial charge is 0.309 e. The topological polar surface area (TPSA) is 83.8 Å². The minimum Gasteiger partial charge on any atom is -0.490 e. The van der Waals surface area contributed by atoms with Crippen LogP contribution in [0.5, 0.6) is 11.5 Å². The number of nitrogens with zero attached hydrogens (tertiary/aromatic N) is 3. The first-order valence-electron chi connectivity index (χ1n) is 12.9. The molecule has 198 valence electrons. The summed E-state index contributed by atoms with van der Waals surface area (Å²) >= 11 is 6.64. The van der Waals surface area contributed by atoms with Crippen LogP contribution in [0.1, 0.15) is 44.2 Å². The van der Waals surface area contributed by atoms with E-state index in [1.54, 1.807) is 0 Å². The molecule has 2 saturated heterocycles. The van der Waals surface area contributed by atoms with Crippen molar-refractivity contribution in [3.8, 4) is 11.5 Å². The number of hydrogen-bond acceptors (Lipinski definition) is 7. The molecule has 0 amide bonds. The van der Waals surface area contributed by atoms with Crippen LogP contribution < -0.4 is 9.47 Å². The van der Waals surface area contributed by atoms with Crippen LogP contribution in [0.2, 0.25) is 5.02 Å². The Hall–Kier alpha value is -2.97. The van der Waals surface area contributed by atoms with Gasteiger partial charge in [0.05, 0.1) is 23.5 Å². The van der Waals surface area contributed by atoms with Crippen molar-refractivity contribution in [2.45, 2.75) is 51.9 Å². The van der Waals surface area contributed by atoms with Gasteiger partial charge in [0, 0.05) is 32.7 Å². The molecule has 0 unspecified atom stereocenters. The highest BCUT2D eigenvalue weighted by Gasteiger charge is 2.51. The van der Waals surface area contributed by atoms with Crippen LogP contribution in [0.3, 0.4) is 0 Å². The van der Waals surface area contributed by atoms with Gasteiger partial charge in [-0.05, 0) is 49.9 Å². The number of amidine groups is 1. The van der Waals surface area contributed by atoms with Crippen molar-refractivity contribution in [2.24, 2.45) is 10.6 Å². The molecule has 3 heterocycles. The Morgan fingerprint density at radius 2 is 1.86 bits per heavy atom. The number of piperidine rings is 1. The molecule has 2 aromatic carbocycles. The Balaban J connectivity index is 1.16. The van der Waals surface area contributed by atoms with E-state index in [1.807, 2.05) is 56.3 Å².